The Morgan fingerprint density at radius 1 is 1.33 bits per heavy atom. The highest BCUT2D eigenvalue weighted by Gasteiger charge is 2.34. The van der Waals surface area contributed by atoms with Crippen LogP contribution in [0.25, 0.3) is 0 Å². The lowest BCUT2D eigenvalue weighted by molar-refractivity contribution is 0.326. The van der Waals surface area contributed by atoms with E-state index in [1.54, 1.807) is 0 Å². The maximum Gasteiger partial charge on any atom is 0.0766 e. The highest BCUT2D eigenvalue weighted by molar-refractivity contribution is 5.68. The first-order chi connectivity index (χ1) is 8.74. The molecule has 1 aromatic rings. The fourth-order valence-electron chi connectivity index (χ4n) is 2.78. The molecule has 1 N–H and O–H groups in total. The third-order valence-electron chi connectivity index (χ3n) is 3.92. The normalized spacial score (nSPS) is 24.2. The maximum atomic E-state index is 4.23. The summed E-state index contributed by atoms with van der Waals surface area (Å²) in [5.74, 6) is 0. The van der Waals surface area contributed by atoms with Gasteiger partial charge in [0.05, 0.1) is 17.6 Å². The van der Waals surface area contributed by atoms with Gasteiger partial charge < -0.3 is 10.2 Å². The first-order valence-electron chi connectivity index (χ1n) is 6.86. The van der Waals surface area contributed by atoms with Crippen LogP contribution in [0, 0.1) is 0 Å². The molecule has 98 valence electrons. The largest absolute Gasteiger partial charge is 0.378 e. The zero-order valence-electron chi connectivity index (χ0n) is 11.3. The molecule has 0 bridgehead atoms. The van der Waals surface area contributed by atoms with Gasteiger partial charge in [-0.2, -0.15) is 0 Å². The molecule has 3 rings (SSSR count). The van der Waals surface area contributed by atoms with Crippen molar-refractivity contribution in [3.8, 4) is 0 Å². The van der Waals surface area contributed by atoms with Crippen LogP contribution in [0.3, 0.4) is 0 Å². The van der Waals surface area contributed by atoms with Crippen molar-refractivity contribution in [2.24, 2.45) is 0 Å². The zero-order valence-corrected chi connectivity index (χ0v) is 11.3. The number of rotatable bonds is 4. The van der Waals surface area contributed by atoms with Crippen LogP contribution in [0.4, 0.5) is 11.4 Å². The summed E-state index contributed by atoms with van der Waals surface area (Å²) in [5.41, 5.74) is 2.38. The van der Waals surface area contributed by atoms with Gasteiger partial charge in [0.15, 0.2) is 0 Å². The summed E-state index contributed by atoms with van der Waals surface area (Å²) >= 11 is 0. The predicted octanol–water partition coefficient (Wildman–Crippen LogP) is 1.80. The first-order valence-corrected chi connectivity index (χ1v) is 6.86. The maximum absolute atomic E-state index is 4.23. The summed E-state index contributed by atoms with van der Waals surface area (Å²) in [6, 6.07) is 3.53. The molecule has 2 heterocycles. The fraction of sp³-hybridized carbons (Fsp3) is 0.643. The second-order valence-corrected chi connectivity index (χ2v) is 5.64. The molecule has 1 aliphatic carbocycles. The minimum atomic E-state index is 0.577. The van der Waals surface area contributed by atoms with Gasteiger partial charge in [0, 0.05) is 45.5 Å². The van der Waals surface area contributed by atoms with Crippen LogP contribution >= 0.6 is 0 Å². The number of likely N-dealkylation sites (tertiary alicyclic amines) is 1. The Hall–Kier alpha value is -1.29. The zero-order chi connectivity index (χ0) is 12.5. The molecule has 1 saturated heterocycles. The second kappa shape index (κ2) is 4.76. The van der Waals surface area contributed by atoms with Crippen LogP contribution in [0.1, 0.15) is 19.3 Å². The SMILES string of the molecule is CN(C)c1ccncc1NC1CCN(C2CC2)C1. The molecule has 0 amide bonds. The van der Waals surface area contributed by atoms with E-state index in [4.69, 9.17) is 0 Å². The van der Waals surface area contributed by atoms with Gasteiger partial charge in [0.1, 0.15) is 0 Å². The summed E-state index contributed by atoms with van der Waals surface area (Å²) in [5, 5.41) is 3.66. The Bertz CT molecular complexity index is 414. The van der Waals surface area contributed by atoms with E-state index in [0.29, 0.717) is 6.04 Å². The predicted molar refractivity (Wildman–Crippen MR) is 75.2 cm³/mol. The summed E-state index contributed by atoms with van der Waals surface area (Å²) in [7, 11) is 4.15. The van der Waals surface area contributed by atoms with Gasteiger partial charge in [0.25, 0.3) is 0 Å². The van der Waals surface area contributed by atoms with Gasteiger partial charge >= 0.3 is 0 Å². The molecule has 2 fully saturated rings. The molecule has 0 aromatic carbocycles. The van der Waals surface area contributed by atoms with E-state index >= 15 is 0 Å². The Morgan fingerprint density at radius 3 is 2.89 bits per heavy atom. The van der Waals surface area contributed by atoms with E-state index in [1.165, 1.54) is 38.0 Å². The van der Waals surface area contributed by atoms with Gasteiger partial charge in [-0.15, -0.1) is 0 Å². The standard InChI is InChI=1S/C14H22N4/c1-17(2)14-5-7-15-9-13(14)16-11-6-8-18(10-11)12-3-4-12/h5,7,9,11-12,16H,3-4,6,8,10H2,1-2H3. The van der Waals surface area contributed by atoms with E-state index in [9.17, 15) is 0 Å². The number of hydrogen-bond donors (Lipinski definition) is 1. The number of anilines is 2. The van der Waals surface area contributed by atoms with Crippen molar-refractivity contribution in [2.45, 2.75) is 31.3 Å². The number of pyridine rings is 1. The van der Waals surface area contributed by atoms with Gasteiger partial charge in [-0.1, -0.05) is 0 Å². The van der Waals surface area contributed by atoms with Crippen molar-refractivity contribution in [2.75, 3.05) is 37.4 Å². The van der Waals surface area contributed by atoms with Crippen LogP contribution in [0.2, 0.25) is 0 Å². The number of nitrogens with zero attached hydrogens (tertiary/aromatic N) is 3. The third-order valence-corrected chi connectivity index (χ3v) is 3.92. The summed E-state index contributed by atoms with van der Waals surface area (Å²) in [4.78, 5) is 9.00. The van der Waals surface area contributed by atoms with Crippen molar-refractivity contribution in [3.63, 3.8) is 0 Å². The van der Waals surface area contributed by atoms with Gasteiger partial charge in [-0.3, -0.25) is 9.88 Å². The lowest BCUT2D eigenvalue weighted by Gasteiger charge is -2.21. The first kappa shape index (κ1) is 11.8. The Labute approximate surface area is 109 Å². The fourth-order valence-corrected chi connectivity index (χ4v) is 2.78. The minimum Gasteiger partial charge on any atom is -0.378 e. The number of hydrogen-bond acceptors (Lipinski definition) is 4. The lowest BCUT2D eigenvalue weighted by atomic mass is 10.2. The highest BCUT2D eigenvalue weighted by Crippen LogP contribution is 2.31. The summed E-state index contributed by atoms with van der Waals surface area (Å²) in [6.07, 6.45) is 7.85. The molecule has 18 heavy (non-hydrogen) atoms. The van der Waals surface area contributed by atoms with E-state index in [2.05, 4.69) is 40.3 Å². The molecule has 1 aliphatic heterocycles. The van der Waals surface area contributed by atoms with E-state index in [1.807, 2.05) is 12.4 Å². The molecular formula is C14H22N4. The van der Waals surface area contributed by atoms with E-state index in [-0.39, 0.29) is 0 Å². The minimum absolute atomic E-state index is 0.577. The summed E-state index contributed by atoms with van der Waals surface area (Å²) < 4.78 is 0. The third kappa shape index (κ3) is 2.43. The topological polar surface area (TPSA) is 31.4 Å². The average molecular weight is 246 g/mol. The Morgan fingerprint density at radius 2 is 2.17 bits per heavy atom. The smallest absolute Gasteiger partial charge is 0.0766 e. The van der Waals surface area contributed by atoms with Crippen molar-refractivity contribution in [3.05, 3.63) is 18.5 Å². The molecule has 1 saturated carbocycles. The van der Waals surface area contributed by atoms with Gasteiger partial charge in [-0.25, -0.2) is 0 Å². The molecule has 0 spiro atoms. The molecule has 0 radical (unpaired) electrons. The molecule has 1 unspecified atom stereocenters. The average Bonchev–Trinajstić information content (AvgIpc) is 3.11. The molecule has 4 nitrogen and oxygen atoms in total. The molecule has 1 aromatic heterocycles. The second-order valence-electron chi connectivity index (χ2n) is 5.64. The van der Waals surface area contributed by atoms with Crippen LogP contribution in [-0.2, 0) is 0 Å². The van der Waals surface area contributed by atoms with Gasteiger partial charge in [0.2, 0.25) is 0 Å². The Kier molecular flexibility index (Phi) is 3.12. The molecule has 1 atom stereocenters. The monoisotopic (exact) mass is 246 g/mol. The molecule has 4 heteroatoms. The van der Waals surface area contributed by atoms with Crippen LogP contribution in [-0.4, -0.2) is 49.2 Å². The quantitative estimate of drug-likeness (QED) is 0.878. The number of nitrogens with one attached hydrogen (secondary N) is 1. The summed E-state index contributed by atoms with van der Waals surface area (Å²) in [6.45, 7) is 2.44. The Balaban J connectivity index is 1.65. The molecule has 2 aliphatic rings. The van der Waals surface area contributed by atoms with Crippen molar-refractivity contribution in [1.82, 2.24) is 9.88 Å². The highest BCUT2D eigenvalue weighted by atomic mass is 15.2. The van der Waals surface area contributed by atoms with Crippen LogP contribution in [0.15, 0.2) is 18.5 Å². The van der Waals surface area contributed by atoms with Crippen molar-refractivity contribution < 1.29 is 0 Å². The van der Waals surface area contributed by atoms with Crippen molar-refractivity contribution in [1.29, 1.82) is 0 Å². The lowest BCUT2D eigenvalue weighted by Crippen LogP contribution is -2.28. The van der Waals surface area contributed by atoms with Crippen molar-refractivity contribution >= 4 is 11.4 Å². The van der Waals surface area contributed by atoms with Crippen LogP contribution < -0.4 is 10.2 Å². The van der Waals surface area contributed by atoms with E-state index in [0.717, 1.165) is 11.7 Å². The van der Waals surface area contributed by atoms with E-state index < -0.39 is 0 Å². The van der Waals surface area contributed by atoms with Gasteiger partial charge in [-0.05, 0) is 25.3 Å². The number of aromatic nitrogens is 1. The van der Waals surface area contributed by atoms with Crippen LogP contribution in [0.5, 0.6) is 0 Å². The molecular weight excluding hydrogens is 224 g/mol.